The van der Waals surface area contributed by atoms with Crippen LogP contribution in [-0.4, -0.2) is 60.8 Å². The molecule has 1 heterocycles. The molecule has 1 saturated heterocycles. The molecule has 1 fully saturated rings. The second-order valence-electron chi connectivity index (χ2n) is 6.10. The summed E-state index contributed by atoms with van der Waals surface area (Å²) in [6.07, 6.45) is 0. The van der Waals surface area contributed by atoms with Crippen molar-refractivity contribution < 1.29 is 8.97 Å². The van der Waals surface area contributed by atoms with Crippen LogP contribution in [0.3, 0.4) is 0 Å². The lowest BCUT2D eigenvalue weighted by molar-refractivity contribution is -1.04. The summed E-state index contributed by atoms with van der Waals surface area (Å²) < 4.78 is 2.60. The summed E-state index contributed by atoms with van der Waals surface area (Å²) in [5.74, 6) is 0. The van der Waals surface area contributed by atoms with Crippen LogP contribution < -0.4 is 0 Å². The molecule has 1 aliphatic heterocycles. The number of nitrogens with zero attached hydrogens (tertiary/aromatic N) is 2. The summed E-state index contributed by atoms with van der Waals surface area (Å²) in [7, 11) is 2.43. The Morgan fingerprint density at radius 2 is 1.33 bits per heavy atom. The summed E-state index contributed by atoms with van der Waals surface area (Å²) in [6.45, 7) is 18.6. The van der Waals surface area contributed by atoms with Crippen LogP contribution in [0.1, 0.15) is 34.6 Å². The molecule has 90 valence electrons. The number of likely N-dealkylation sites (N-methyl/N-ethyl adjacent to an activating group) is 2. The SMILES string of the molecule is CC[N+]1(C(C)C)CC[N+](C)(C(C)C)CC1. The van der Waals surface area contributed by atoms with Crippen molar-refractivity contribution in [3.8, 4) is 0 Å². The van der Waals surface area contributed by atoms with E-state index in [0.717, 1.165) is 12.1 Å². The molecule has 0 spiro atoms. The molecule has 1 rings (SSSR count). The topological polar surface area (TPSA) is 0 Å². The van der Waals surface area contributed by atoms with E-state index < -0.39 is 0 Å². The molecule has 2 nitrogen and oxygen atoms in total. The molecule has 0 bridgehead atoms. The van der Waals surface area contributed by atoms with Crippen molar-refractivity contribution in [2.75, 3.05) is 39.8 Å². The van der Waals surface area contributed by atoms with E-state index >= 15 is 0 Å². The van der Waals surface area contributed by atoms with Crippen molar-refractivity contribution in [2.24, 2.45) is 0 Å². The van der Waals surface area contributed by atoms with Gasteiger partial charge >= 0.3 is 0 Å². The fraction of sp³-hybridized carbons (Fsp3) is 1.00. The third kappa shape index (κ3) is 2.36. The second kappa shape index (κ2) is 4.42. The van der Waals surface area contributed by atoms with Crippen LogP contribution in [0, 0.1) is 0 Å². The summed E-state index contributed by atoms with van der Waals surface area (Å²) in [5, 5.41) is 0. The Morgan fingerprint density at radius 1 is 0.867 bits per heavy atom. The van der Waals surface area contributed by atoms with Crippen LogP contribution in [0.25, 0.3) is 0 Å². The van der Waals surface area contributed by atoms with E-state index in [9.17, 15) is 0 Å². The standard InChI is InChI=1S/C13H30N2/c1-7-15(13(4)5)10-8-14(6,9-11-15)12(2)3/h12-13H,7-11H2,1-6H3/q+2. The fourth-order valence-electron chi connectivity index (χ4n) is 2.79. The minimum atomic E-state index is 0.774. The van der Waals surface area contributed by atoms with E-state index in [1.807, 2.05) is 0 Å². The van der Waals surface area contributed by atoms with E-state index in [-0.39, 0.29) is 0 Å². The van der Waals surface area contributed by atoms with Gasteiger partial charge < -0.3 is 8.97 Å². The highest BCUT2D eigenvalue weighted by atomic mass is 15.5. The predicted octanol–water partition coefficient (Wildman–Crippen LogP) is 2.10. The van der Waals surface area contributed by atoms with Gasteiger partial charge in [0, 0.05) is 0 Å². The third-order valence-corrected chi connectivity index (χ3v) is 5.08. The van der Waals surface area contributed by atoms with Gasteiger partial charge in [0.05, 0.1) is 25.7 Å². The van der Waals surface area contributed by atoms with E-state index in [0.29, 0.717) is 0 Å². The van der Waals surface area contributed by atoms with Crippen LogP contribution in [0.15, 0.2) is 0 Å². The maximum Gasteiger partial charge on any atom is 0.129 e. The second-order valence-corrected chi connectivity index (χ2v) is 6.10. The van der Waals surface area contributed by atoms with Gasteiger partial charge in [0.25, 0.3) is 0 Å². The van der Waals surface area contributed by atoms with E-state index in [4.69, 9.17) is 0 Å². The van der Waals surface area contributed by atoms with Crippen molar-refractivity contribution in [1.82, 2.24) is 0 Å². The highest BCUT2D eigenvalue weighted by molar-refractivity contribution is 4.57. The molecule has 0 aromatic rings. The third-order valence-electron chi connectivity index (χ3n) is 5.08. The highest BCUT2D eigenvalue weighted by Gasteiger charge is 2.41. The molecular weight excluding hydrogens is 184 g/mol. The van der Waals surface area contributed by atoms with Crippen LogP contribution in [0.4, 0.5) is 0 Å². The van der Waals surface area contributed by atoms with Gasteiger partial charge in [0.2, 0.25) is 0 Å². The lowest BCUT2D eigenvalue weighted by Crippen LogP contribution is -2.69. The van der Waals surface area contributed by atoms with Crippen LogP contribution in [0.2, 0.25) is 0 Å². The number of rotatable bonds is 3. The Hall–Kier alpha value is -0.0800. The zero-order chi connectivity index (χ0) is 11.7. The van der Waals surface area contributed by atoms with Crippen molar-refractivity contribution in [1.29, 1.82) is 0 Å². The predicted molar refractivity (Wildman–Crippen MR) is 66.7 cm³/mol. The zero-order valence-corrected chi connectivity index (χ0v) is 11.6. The van der Waals surface area contributed by atoms with Crippen LogP contribution >= 0.6 is 0 Å². The number of quaternary nitrogens is 2. The first-order valence-electron chi connectivity index (χ1n) is 6.56. The van der Waals surface area contributed by atoms with Gasteiger partial charge in [-0.15, -0.1) is 0 Å². The lowest BCUT2D eigenvalue weighted by Gasteiger charge is -2.51. The zero-order valence-electron chi connectivity index (χ0n) is 11.6. The Kier molecular flexibility index (Phi) is 3.83. The highest BCUT2D eigenvalue weighted by Crippen LogP contribution is 2.23. The van der Waals surface area contributed by atoms with E-state index in [1.54, 1.807) is 0 Å². The summed E-state index contributed by atoms with van der Waals surface area (Å²) in [5.41, 5.74) is 0. The number of hydrogen-bond acceptors (Lipinski definition) is 0. The molecule has 0 N–H and O–H groups in total. The Morgan fingerprint density at radius 3 is 1.60 bits per heavy atom. The molecule has 0 radical (unpaired) electrons. The summed E-state index contributed by atoms with van der Waals surface area (Å²) >= 11 is 0. The average molecular weight is 214 g/mol. The van der Waals surface area contributed by atoms with Crippen molar-refractivity contribution in [2.45, 2.75) is 46.7 Å². The molecule has 0 aromatic heterocycles. The van der Waals surface area contributed by atoms with Crippen LogP contribution in [-0.2, 0) is 0 Å². The smallest absolute Gasteiger partial charge is 0.129 e. The molecule has 2 heteroatoms. The molecule has 0 aromatic carbocycles. The molecule has 1 aliphatic rings. The van der Waals surface area contributed by atoms with Crippen molar-refractivity contribution in [3.05, 3.63) is 0 Å². The van der Waals surface area contributed by atoms with Gasteiger partial charge in [-0.25, -0.2) is 0 Å². The lowest BCUT2D eigenvalue weighted by atomic mass is 10.1. The summed E-state index contributed by atoms with van der Waals surface area (Å²) in [4.78, 5) is 0. The Bertz CT molecular complexity index is 201. The van der Waals surface area contributed by atoms with E-state index in [2.05, 4.69) is 41.7 Å². The van der Waals surface area contributed by atoms with Gasteiger partial charge in [0.1, 0.15) is 26.2 Å². The van der Waals surface area contributed by atoms with Crippen LogP contribution in [0.5, 0.6) is 0 Å². The molecule has 0 aliphatic carbocycles. The Labute approximate surface area is 96.1 Å². The Balaban J connectivity index is 2.69. The molecule has 15 heavy (non-hydrogen) atoms. The van der Waals surface area contributed by atoms with Gasteiger partial charge in [-0.05, 0) is 34.6 Å². The first-order chi connectivity index (χ1) is 6.86. The summed E-state index contributed by atoms with van der Waals surface area (Å²) in [6, 6.07) is 1.56. The normalized spacial score (nSPS) is 37.6. The van der Waals surface area contributed by atoms with Crippen molar-refractivity contribution in [3.63, 3.8) is 0 Å². The first kappa shape index (κ1) is 13.0. The monoisotopic (exact) mass is 214 g/mol. The first-order valence-corrected chi connectivity index (χ1v) is 6.56. The van der Waals surface area contributed by atoms with E-state index in [1.165, 1.54) is 41.7 Å². The largest absolute Gasteiger partial charge is 0.315 e. The van der Waals surface area contributed by atoms with Gasteiger partial charge in [-0.3, -0.25) is 0 Å². The minimum absolute atomic E-state index is 0.774. The molecule has 0 atom stereocenters. The molecule has 0 amide bonds. The van der Waals surface area contributed by atoms with Gasteiger partial charge in [-0.1, -0.05) is 0 Å². The minimum Gasteiger partial charge on any atom is -0.315 e. The number of piperazine rings is 1. The molecular formula is C13H30N2+2. The average Bonchev–Trinajstić information content (AvgIpc) is 2.19. The number of hydrogen-bond donors (Lipinski definition) is 0. The van der Waals surface area contributed by atoms with Crippen molar-refractivity contribution >= 4 is 0 Å². The molecule has 0 saturated carbocycles. The maximum absolute atomic E-state index is 2.43. The maximum atomic E-state index is 2.43. The van der Waals surface area contributed by atoms with Gasteiger partial charge in [-0.2, -0.15) is 0 Å². The van der Waals surface area contributed by atoms with Gasteiger partial charge in [0.15, 0.2) is 0 Å². The molecule has 0 unspecified atom stereocenters. The quantitative estimate of drug-likeness (QED) is 0.631. The fourth-order valence-corrected chi connectivity index (χ4v) is 2.79.